The molecule has 3 unspecified atom stereocenters. The summed E-state index contributed by atoms with van der Waals surface area (Å²) in [6, 6.07) is 6.31. The molecule has 134 valence electrons. The zero-order chi connectivity index (χ0) is 17.7. The molecular formula is C18H26F2N2O2. The average Bonchev–Trinajstić information content (AvgIpc) is 2.54. The van der Waals surface area contributed by atoms with Crippen LogP contribution in [0.5, 0.6) is 5.75 Å². The Morgan fingerprint density at radius 2 is 1.96 bits per heavy atom. The van der Waals surface area contributed by atoms with Crippen LogP contribution in [0, 0.1) is 5.92 Å². The Balaban J connectivity index is 1.90. The van der Waals surface area contributed by atoms with Crippen molar-refractivity contribution in [2.75, 3.05) is 7.05 Å². The van der Waals surface area contributed by atoms with E-state index in [1.54, 1.807) is 17.0 Å². The molecule has 0 spiro atoms. The highest BCUT2D eigenvalue weighted by Gasteiger charge is 2.26. The number of nitrogens with zero attached hydrogens (tertiary/aromatic N) is 1. The minimum Gasteiger partial charge on any atom is -0.435 e. The van der Waals surface area contributed by atoms with E-state index in [0.29, 0.717) is 5.92 Å². The lowest BCUT2D eigenvalue weighted by atomic mass is 9.86. The van der Waals surface area contributed by atoms with E-state index in [0.717, 1.165) is 24.8 Å². The third-order valence-electron chi connectivity index (χ3n) is 4.72. The molecule has 1 saturated carbocycles. The number of alkyl halides is 2. The number of hydrogen-bond acceptors (Lipinski definition) is 2. The van der Waals surface area contributed by atoms with E-state index < -0.39 is 6.61 Å². The number of benzene rings is 1. The number of carbonyl (C=O) groups is 1. The molecule has 1 fully saturated rings. The van der Waals surface area contributed by atoms with Crippen LogP contribution in [0.4, 0.5) is 13.6 Å². The van der Waals surface area contributed by atoms with Gasteiger partial charge in [-0.05, 0) is 43.4 Å². The fourth-order valence-electron chi connectivity index (χ4n) is 3.23. The van der Waals surface area contributed by atoms with E-state index in [1.807, 2.05) is 14.0 Å². The third kappa shape index (κ3) is 5.08. The summed E-state index contributed by atoms with van der Waals surface area (Å²) in [5, 5.41) is 2.97. The molecule has 2 amide bonds. The maximum atomic E-state index is 12.4. The predicted octanol–water partition coefficient (Wildman–Crippen LogP) is 4.57. The van der Waals surface area contributed by atoms with Gasteiger partial charge in [0.25, 0.3) is 0 Å². The lowest BCUT2D eigenvalue weighted by Crippen LogP contribution is -2.45. The van der Waals surface area contributed by atoms with E-state index in [1.165, 1.54) is 18.6 Å². The number of hydrogen-bond donors (Lipinski definition) is 1. The summed E-state index contributed by atoms with van der Waals surface area (Å²) in [6.45, 7) is 1.27. The fraction of sp³-hybridized carbons (Fsp3) is 0.611. The Morgan fingerprint density at radius 3 is 2.54 bits per heavy atom. The molecule has 0 heterocycles. The van der Waals surface area contributed by atoms with Crippen LogP contribution in [0.3, 0.4) is 0 Å². The molecule has 1 aliphatic carbocycles. The Hall–Kier alpha value is -1.85. The van der Waals surface area contributed by atoms with Crippen molar-refractivity contribution in [1.82, 2.24) is 10.2 Å². The number of halogens is 2. The van der Waals surface area contributed by atoms with Gasteiger partial charge < -0.3 is 15.0 Å². The average molecular weight is 340 g/mol. The maximum Gasteiger partial charge on any atom is 0.387 e. The lowest BCUT2D eigenvalue weighted by Gasteiger charge is -2.34. The van der Waals surface area contributed by atoms with Crippen LogP contribution in [0.1, 0.15) is 51.1 Å². The van der Waals surface area contributed by atoms with E-state index in [4.69, 9.17) is 0 Å². The first-order valence-corrected chi connectivity index (χ1v) is 8.45. The first-order valence-electron chi connectivity index (χ1n) is 8.45. The molecular weight excluding hydrogens is 314 g/mol. The van der Waals surface area contributed by atoms with Crippen molar-refractivity contribution >= 4 is 6.03 Å². The normalized spacial score (nSPS) is 22.1. The van der Waals surface area contributed by atoms with Crippen molar-refractivity contribution in [3.63, 3.8) is 0 Å². The highest BCUT2D eigenvalue weighted by atomic mass is 19.3. The second-order valence-electron chi connectivity index (χ2n) is 6.66. The van der Waals surface area contributed by atoms with Crippen molar-refractivity contribution in [1.29, 1.82) is 0 Å². The van der Waals surface area contributed by atoms with Crippen LogP contribution >= 0.6 is 0 Å². The van der Waals surface area contributed by atoms with Crippen LogP contribution in [0.15, 0.2) is 24.3 Å². The van der Waals surface area contributed by atoms with Gasteiger partial charge >= 0.3 is 12.6 Å². The first kappa shape index (κ1) is 18.5. The van der Waals surface area contributed by atoms with Crippen LogP contribution < -0.4 is 10.1 Å². The molecule has 2 rings (SSSR count). The van der Waals surface area contributed by atoms with Gasteiger partial charge in [0.1, 0.15) is 5.75 Å². The van der Waals surface area contributed by atoms with Crippen LogP contribution in [0.2, 0.25) is 0 Å². The summed E-state index contributed by atoms with van der Waals surface area (Å²) in [5.41, 5.74) is 0.843. The van der Waals surface area contributed by atoms with Crippen LogP contribution in [0.25, 0.3) is 0 Å². The van der Waals surface area contributed by atoms with Gasteiger partial charge in [0.2, 0.25) is 0 Å². The van der Waals surface area contributed by atoms with Crippen molar-refractivity contribution in [2.45, 2.75) is 58.2 Å². The molecule has 24 heavy (non-hydrogen) atoms. The van der Waals surface area contributed by atoms with Gasteiger partial charge in [-0.25, -0.2) is 4.79 Å². The summed E-state index contributed by atoms with van der Waals surface area (Å²) in [5.74, 6) is 0.763. The summed E-state index contributed by atoms with van der Waals surface area (Å²) in [4.78, 5) is 14.2. The molecule has 4 nitrogen and oxygen atoms in total. The molecule has 0 aromatic heterocycles. The zero-order valence-corrected chi connectivity index (χ0v) is 14.5. The number of urea groups is 1. The Bertz CT molecular complexity index is 536. The fourth-order valence-corrected chi connectivity index (χ4v) is 3.23. The van der Waals surface area contributed by atoms with Gasteiger partial charge in [-0.3, -0.25) is 0 Å². The van der Waals surface area contributed by atoms with Gasteiger partial charge in [0.15, 0.2) is 0 Å². The molecule has 0 aliphatic heterocycles. The molecule has 1 aromatic carbocycles. The number of nitrogens with one attached hydrogen (secondary N) is 1. The highest BCUT2D eigenvalue weighted by Crippen LogP contribution is 2.27. The van der Waals surface area contributed by atoms with Crippen molar-refractivity contribution in [3.05, 3.63) is 29.8 Å². The van der Waals surface area contributed by atoms with Crippen LogP contribution in [-0.2, 0) is 0 Å². The quantitative estimate of drug-likeness (QED) is 0.853. The Kier molecular flexibility index (Phi) is 6.40. The molecule has 3 atom stereocenters. The van der Waals surface area contributed by atoms with Crippen molar-refractivity contribution < 1.29 is 18.3 Å². The molecule has 0 bridgehead atoms. The predicted molar refractivity (Wildman–Crippen MR) is 89.2 cm³/mol. The van der Waals surface area contributed by atoms with Crippen LogP contribution in [-0.4, -0.2) is 30.6 Å². The second-order valence-corrected chi connectivity index (χ2v) is 6.66. The third-order valence-corrected chi connectivity index (χ3v) is 4.72. The maximum absolute atomic E-state index is 12.4. The largest absolute Gasteiger partial charge is 0.435 e. The monoisotopic (exact) mass is 340 g/mol. The van der Waals surface area contributed by atoms with E-state index in [9.17, 15) is 13.6 Å². The van der Waals surface area contributed by atoms with Gasteiger partial charge in [0, 0.05) is 13.1 Å². The summed E-state index contributed by atoms with van der Waals surface area (Å²) >= 11 is 0. The van der Waals surface area contributed by atoms with E-state index >= 15 is 0 Å². The summed E-state index contributed by atoms with van der Waals surface area (Å²) in [7, 11) is 1.84. The minimum atomic E-state index is -2.83. The minimum absolute atomic E-state index is 0.102. The molecule has 1 aromatic rings. The first-order chi connectivity index (χ1) is 11.4. The summed E-state index contributed by atoms with van der Waals surface area (Å²) < 4.78 is 28.6. The SMILES string of the molecule is CC1CCCC(N(C)C(=O)NC(C)c2ccc(OC(F)F)cc2)C1. The van der Waals surface area contributed by atoms with Gasteiger partial charge in [-0.15, -0.1) is 0 Å². The number of carbonyl (C=O) groups excluding carboxylic acids is 1. The molecule has 0 saturated heterocycles. The number of amides is 2. The van der Waals surface area contributed by atoms with Crippen molar-refractivity contribution in [3.8, 4) is 5.75 Å². The smallest absolute Gasteiger partial charge is 0.387 e. The number of ether oxygens (including phenoxy) is 1. The zero-order valence-electron chi connectivity index (χ0n) is 14.5. The van der Waals surface area contributed by atoms with Gasteiger partial charge in [0.05, 0.1) is 6.04 Å². The Morgan fingerprint density at radius 1 is 1.29 bits per heavy atom. The number of rotatable bonds is 5. The van der Waals surface area contributed by atoms with Gasteiger partial charge in [-0.2, -0.15) is 8.78 Å². The Labute approximate surface area is 142 Å². The standard InChI is InChI=1S/C18H26F2N2O2/c1-12-5-4-6-15(11-12)22(3)18(23)21-13(2)14-7-9-16(10-8-14)24-17(19)20/h7-10,12-13,15,17H,4-6,11H2,1-3H3,(H,21,23). The molecule has 0 radical (unpaired) electrons. The molecule has 1 aliphatic rings. The van der Waals surface area contributed by atoms with E-state index in [2.05, 4.69) is 17.0 Å². The topological polar surface area (TPSA) is 41.6 Å². The van der Waals surface area contributed by atoms with Crippen molar-refractivity contribution in [2.24, 2.45) is 5.92 Å². The second kappa shape index (κ2) is 8.31. The van der Waals surface area contributed by atoms with E-state index in [-0.39, 0.29) is 23.9 Å². The summed E-state index contributed by atoms with van der Waals surface area (Å²) in [6.07, 6.45) is 4.47. The lowest BCUT2D eigenvalue weighted by molar-refractivity contribution is -0.0498. The highest BCUT2D eigenvalue weighted by molar-refractivity contribution is 5.74. The molecule has 1 N–H and O–H groups in total. The molecule has 6 heteroatoms. The van der Waals surface area contributed by atoms with Gasteiger partial charge in [-0.1, -0.05) is 31.9 Å².